The van der Waals surface area contributed by atoms with E-state index in [9.17, 15) is 13.2 Å². The molecule has 5 nitrogen and oxygen atoms in total. The van der Waals surface area contributed by atoms with Crippen molar-refractivity contribution in [1.82, 2.24) is 4.31 Å². The summed E-state index contributed by atoms with van der Waals surface area (Å²) < 4.78 is 26.9. The Hall–Kier alpha value is -0.920. The van der Waals surface area contributed by atoms with Crippen LogP contribution in [0.3, 0.4) is 0 Å². The first-order valence-electron chi connectivity index (χ1n) is 5.84. The molecule has 1 saturated heterocycles. The number of rotatable bonds is 3. The Morgan fingerprint density at radius 2 is 2.16 bits per heavy atom. The predicted octanol–water partition coefficient (Wildman–Crippen LogP) is 1.93. The van der Waals surface area contributed by atoms with Crippen LogP contribution in [0.4, 0.5) is 0 Å². The summed E-state index contributed by atoms with van der Waals surface area (Å²) in [5, 5.41) is 9.05. The average molecular weight is 348 g/mol. The molecule has 0 spiro atoms. The van der Waals surface area contributed by atoms with Crippen molar-refractivity contribution >= 4 is 31.9 Å². The zero-order valence-electron chi connectivity index (χ0n) is 10.3. The summed E-state index contributed by atoms with van der Waals surface area (Å²) in [5.41, 5.74) is 0. The highest BCUT2D eigenvalue weighted by atomic mass is 79.9. The lowest BCUT2D eigenvalue weighted by atomic mass is 10.0. The first-order valence-corrected chi connectivity index (χ1v) is 8.07. The van der Waals surface area contributed by atoms with E-state index < -0.39 is 28.0 Å². The Morgan fingerprint density at radius 3 is 2.68 bits per heavy atom. The molecule has 104 valence electrons. The molecule has 1 aromatic carbocycles. The van der Waals surface area contributed by atoms with Gasteiger partial charge in [-0.3, -0.25) is 4.79 Å². The van der Waals surface area contributed by atoms with E-state index >= 15 is 0 Å². The van der Waals surface area contributed by atoms with Crippen molar-refractivity contribution in [3.8, 4) is 0 Å². The number of hydrogen-bond acceptors (Lipinski definition) is 3. The molecule has 0 radical (unpaired) electrons. The Bertz CT molecular complexity index is 602. The summed E-state index contributed by atoms with van der Waals surface area (Å²) in [6.07, 6.45) is 0.351. The van der Waals surface area contributed by atoms with E-state index in [1.54, 1.807) is 19.1 Å². The number of carboxylic acids is 1. The van der Waals surface area contributed by atoms with Crippen LogP contribution < -0.4 is 0 Å². The van der Waals surface area contributed by atoms with E-state index in [-0.39, 0.29) is 11.4 Å². The number of hydrogen-bond donors (Lipinski definition) is 1. The predicted molar refractivity (Wildman–Crippen MR) is 73.2 cm³/mol. The Balaban J connectivity index is 2.34. The molecular formula is C12H14BrNO4S. The minimum Gasteiger partial charge on any atom is -0.481 e. The minimum atomic E-state index is -3.64. The highest BCUT2D eigenvalue weighted by Crippen LogP contribution is 2.30. The van der Waals surface area contributed by atoms with E-state index in [2.05, 4.69) is 15.9 Å². The molecule has 1 aliphatic heterocycles. The van der Waals surface area contributed by atoms with Gasteiger partial charge in [-0.05, 0) is 31.5 Å². The van der Waals surface area contributed by atoms with Gasteiger partial charge in [0.25, 0.3) is 0 Å². The molecule has 1 aromatic rings. The maximum atomic E-state index is 12.5. The smallest absolute Gasteiger partial charge is 0.308 e. The number of halogens is 1. The average Bonchev–Trinajstić information content (AvgIpc) is 2.71. The van der Waals surface area contributed by atoms with Crippen molar-refractivity contribution in [3.05, 3.63) is 28.7 Å². The van der Waals surface area contributed by atoms with Crippen molar-refractivity contribution in [1.29, 1.82) is 0 Å². The number of sulfonamides is 1. The Labute approximate surface area is 120 Å². The lowest BCUT2D eigenvalue weighted by Crippen LogP contribution is -2.37. The maximum Gasteiger partial charge on any atom is 0.308 e. The lowest BCUT2D eigenvalue weighted by Gasteiger charge is -2.22. The molecule has 2 unspecified atom stereocenters. The number of nitrogens with zero attached hydrogens (tertiary/aromatic N) is 1. The van der Waals surface area contributed by atoms with Crippen LogP contribution in [0.25, 0.3) is 0 Å². The lowest BCUT2D eigenvalue weighted by molar-refractivity contribution is -0.142. The summed E-state index contributed by atoms with van der Waals surface area (Å²) in [4.78, 5) is 11.2. The van der Waals surface area contributed by atoms with Gasteiger partial charge in [-0.25, -0.2) is 8.42 Å². The third-order valence-electron chi connectivity index (χ3n) is 3.42. The van der Waals surface area contributed by atoms with Gasteiger partial charge in [-0.15, -0.1) is 0 Å². The van der Waals surface area contributed by atoms with E-state index in [0.717, 1.165) is 0 Å². The second kappa shape index (κ2) is 5.22. The van der Waals surface area contributed by atoms with Crippen molar-refractivity contribution in [2.75, 3.05) is 6.54 Å². The monoisotopic (exact) mass is 347 g/mol. The molecular weight excluding hydrogens is 334 g/mol. The van der Waals surface area contributed by atoms with Crippen molar-refractivity contribution in [2.45, 2.75) is 24.3 Å². The fourth-order valence-corrected chi connectivity index (χ4v) is 4.62. The molecule has 19 heavy (non-hydrogen) atoms. The zero-order chi connectivity index (χ0) is 14.2. The van der Waals surface area contributed by atoms with Gasteiger partial charge in [-0.1, -0.05) is 22.0 Å². The molecule has 7 heteroatoms. The third-order valence-corrected chi connectivity index (χ3v) is 5.89. The summed E-state index contributed by atoms with van der Waals surface area (Å²) in [6.45, 7) is 1.88. The number of carbonyl (C=O) groups is 1. The van der Waals surface area contributed by atoms with Gasteiger partial charge < -0.3 is 5.11 Å². The highest BCUT2D eigenvalue weighted by Gasteiger charge is 2.42. The Morgan fingerprint density at radius 1 is 1.47 bits per heavy atom. The fraction of sp³-hybridized carbons (Fsp3) is 0.417. The second-order valence-electron chi connectivity index (χ2n) is 4.55. The molecule has 1 aliphatic rings. The number of benzene rings is 1. The van der Waals surface area contributed by atoms with Gasteiger partial charge in [0.15, 0.2) is 0 Å². The standard InChI is InChI=1S/C12H14BrNO4S/c1-8-11(12(15)16)5-6-14(8)19(17,18)10-4-2-3-9(13)7-10/h2-4,7-8,11H,5-6H2,1H3,(H,15,16). The largest absolute Gasteiger partial charge is 0.481 e. The van der Waals surface area contributed by atoms with Crippen LogP contribution in [0.15, 0.2) is 33.6 Å². The maximum absolute atomic E-state index is 12.5. The van der Waals surface area contributed by atoms with Crippen LogP contribution in [-0.4, -0.2) is 36.4 Å². The molecule has 0 bridgehead atoms. The van der Waals surface area contributed by atoms with E-state index in [4.69, 9.17) is 5.11 Å². The summed E-state index contributed by atoms with van der Waals surface area (Å²) in [7, 11) is -3.64. The van der Waals surface area contributed by atoms with Gasteiger partial charge in [-0.2, -0.15) is 4.31 Å². The first-order chi connectivity index (χ1) is 8.84. The van der Waals surface area contributed by atoms with Crippen molar-refractivity contribution in [3.63, 3.8) is 0 Å². The van der Waals surface area contributed by atoms with Crippen LogP contribution in [0.2, 0.25) is 0 Å². The Kier molecular flexibility index (Phi) is 3.98. The molecule has 0 saturated carbocycles. The normalized spacial score (nSPS) is 24.5. The number of aliphatic carboxylic acids is 1. The van der Waals surface area contributed by atoms with Gasteiger partial charge in [0, 0.05) is 17.1 Å². The number of carboxylic acid groups (broad SMARTS) is 1. The van der Waals surface area contributed by atoms with Crippen LogP contribution >= 0.6 is 15.9 Å². The molecule has 2 atom stereocenters. The minimum absolute atomic E-state index is 0.180. The molecule has 1 N–H and O–H groups in total. The summed E-state index contributed by atoms with van der Waals surface area (Å²) in [5.74, 6) is -1.58. The van der Waals surface area contributed by atoms with Gasteiger partial charge in [0.1, 0.15) is 0 Å². The van der Waals surface area contributed by atoms with E-state index in [1.165, 1.54) is 16.4 Å². The highest BCUT2D eigenvalue weighted by molar-refractivity contribution is 9.10. The van der Waals surface area contributed by atoms with Crippen LogP contribution in [0, 0.1) is 5.92 Å². The first kappa shape index (κ1) is 14.5. The van der Waals surface area contributed by atoms with Crippen molar-refractivity contribution in [2.24, 2.45) is 5.92 Å². The molecule has 2 rings (SSSR count). The van der Waals surface area contributed by atoms with Gasteiger partial charge >= 0.3 is 5.97 Å². The summed E-state index contributed by atoms with van der Waals surface area (Å²) in [6, 6.07) is 5.90. The quantitative estimate of drug-likeness (QED) is 0.906. The van der Waals surface area contributed by atoms with Crippen LogP contribution in [-0.2, 0) is 14.8 Å². The fourth-order valence-electron chi connectivity index (χ4n) is 2.34. The SMILES string of the molecule is CC1C(C(=O)O)CCN1S(=O)(=O)c1cccc(Br)c1. The molecule has 0 amide bonds. The second-order valence-corrected chi connectivity index (χ2v) is 7.35. The van der Waals surface area contributed by atoms with Gasteiger partial charge in [0.2, 0.25) is 10.0 Å². The molecule has 0 aliphatic carbocycles. The summed E-state index contributed by atoms with van der Waals surface area (Å²) >= 11 is 3.24. The van der Waals surface area contributed by atoms with Crippen molar-refractivity contribution < 1.29 is 18.3 Å². The molecule has 1 heterocycles. The third kappa shape index (κ3) is 2.68. The van der Waals surface area contributed by atoms with Crippen LogP contribution in [0.1, 0.15) is 13.3 Å². The molecule has 1 fully saturated rings. The van der Waals surface area contributed by atoms with Crippen LogP contribution in [0.5, 0.6) is 0 Å². The van der Waals surface area contributed by atoms with E-state index in [0.29, 0.717) is 10.9 Å². The van der Waals surface area contributed by atoms with E-state index in [1.807, 2.05) is 0 Å². The van der Waals surface area contributed by atoms with Gasteiger partial charge in [0.05, 0.1) is 10.8 Å². The molecule has 0 aromatic heterocycles. The topological polar surface area (TPSA) is 74.7 Å². The zero-order valence-corrected chi connectivity index (χ0v) is 12.7.